The molecule has 2 aliphatic heterocycles. The number of carboxylic acids is 1. The van der Waals surface area contributed by atoms with Crippen molar-refractivity contribution in [3.05, 3.63) is 40.9 Å². The summed E-state index contributed by atoms with van der Waals surface area (Å²) in [7, 11) is 0. The van der Waals surface area contributed by atoms with Gasteiger partial charge in [-0.15, -0.1) is 0 Å². The zero-order valence-electron chi connectivity index (χ0n) is 20.4. The molecule has 1 saturated carbocycles. The molecule has 3 aliphatic rings. The summed E-state index contributed by atoms with van der Waals surface area (Å²) in [6, 6.07) is 10.7. The van der Waals surface area contributed by atoms with E-state index in [0.717, 1.165) is 30.0 Å². The molecule has 2 bridgehead atoms. The number of aliphatic carboxylic acids is 1. The molecule has 3 unspecified atom stereocenters. The minimum absolute atomic E-state index is 0.0896. The lowest BCUT2D eigenvalue weighted by Gasteiger charge is -2.51. The molecule has 4 nitrogen and oxygen atoms in total. The zero-order chi connectivity index (χ0) is 25.6. The number of carboxylic acid groups (broad SMARTS) is 1. The Morgan fingerprint density at radius 2 is 1.72 bits per heavy atom. The van der Waals surface area contributed by atoms with E-state index < -0.39 is 18.1 Å². The monoisotopic (exact) mass is 523 g/mol. The highest BCUT2D eigenvalue weighted by Gasteiger charge is 2.43. The van der Waals surface area contributed by atoms with Gasteiger partial charge in [0, 0.05) is 23.5 Å². The van der Waals surface area contributed by atoms with Gasteiger partial charge in [0.2, 0.25) is 0 Å². The van der Waals surface area contributed by atoms with Crippen LogP contribution in [0.4, 0.5) is 13.2 Å². The third-order valence-corrected chi connectivity index (χ3v) is 9.07. The van der Waals surface area contributed by atoms with Crippen molar-refractivity contribution >= 4 is 28.3 Å². The first-order valence-corrected chi connectivity index (χ1v) is 13.5. The normalized spacial score (nSPS) is 30.2. The Balaban J connectivity index is 1.31. The lowest BCUT2D eigenvalue weighted by Crippen LogP contribution is -2.53. The summed E-state index contributed by atoms with van der Waals surface area (Å²) in [5, 5.41) is 11.9. The lowest BCUT2D eigenvalue weighted by molar-refractivity contribution is -0.185. The highest BCUT2D eigenvalue weighted by molar-refractivity contribution is 6.37. The molecule has 5 rings (SSSR count). The van der Waals surface area contributed by atoms with E-state index >= 15 is 0 Å². The Morgan fingerprint density at radius 3 is 2.33 bits per heavy atom. The van der Waals surface area contributed by atoms with Gasteiger partial charge in [0.15, 0.2) is 0 Å². The number of rotatable bonds is 5. The van der Waals surface area contributed by atoms with Gasteiger partial charge in [0.1, 0.15) is 5.75 Å². The van der Waals surface area contributed by atoms with Crippen molar-refractivity contribution < 1.29 is 27.8 Å². The first-order chi connectivity index (χ1) is 17.1. The molecule has 3 fully saturated rings. The van der Waals surface area contributed by atoms with E-state index in [-0.39, 0.29) is 43.0 Å². The smallest absolute Gasteiger partial charge is 0.391 e. The molecule has 2 aromatic rings. The predicted molar refractivity (Wildman–Crippen MR) is 133 cm³/mol. The summed E-state index contributed by atoms with van der Waals surface area (Å²) in [5.41, 5.74) is 1.17. The minimum Gasteiger partial charge on any atom is -0.489 e. The number of carbonyl (C=O) groups is 1. The quantitative estimate of drug-likeness (QED) is 0.435. The van der Waals surface area contributed by atoms with Crippen molar-refractivity contribution in [2.75, 3.05) is 0 Å². The van der Waals surface area contributed by atoms with Crippen LogP contribution in [-0.2, 0) is 4.79 Å². The molecule has 0 aromatic heterocycles. The maximum Gasteiger partial charge on any atom is 0.391 e. The van der Waals surface area contributed by atoms with Crippen molar-refractivity contribution in [1.82, 2.24) is 4.90 Å². The number of piperidine rings is 2. The van der Waals surface area contributed by atoms with Crippen molar-refractivity contribution in [3.8, 4) is 5.75 Å². The van der Waals surface area contributed by atoms with Gasteiger partial charge in [-0.3, -0.25) is 9.69 Å². The number of hydrogen-bond donors (Lipinski definition) is 1. The summed E-state index contributed by atoms with van der Waals surface area (Å²) >= 11 is 6.70. The van der Waals surface area contributed by atoms with Crippen LogP contribution in [-0.4, -0.2) is 40.3 Å². The molecule has 2 saturated heterocycles. The van der Waals surface area contributed by atoms with Gasteiger partial charge < -0.3 is 9.84 Å². The van der Waals surface area contributed by atoms with E-state index in [1.807, 2.05) is 18.2 Å². The van der Waals surface area contributed by atoms with E-state index in [1.54, 1.807) is 0 Å². The second kappa shape index (κ2) is 10.1. The van der Waals surface area contributed by atoms with Crippen LogP contribution in [0.5, 0.6) is 5.75 Å². The summed E-state index contributed by atoms with van der Waals surface area (Å²) in [5.74, 6) is -1.64. The molecule has 3 atom stereocenters. The standard InChI is InChI=1S/C28H33ClF3NO3/c1-16(33-21-3-2-4-22(33)15-19(14-21)27(34)35)17-5-11-24-18(13-17)6-12-25(26(24)29)36-23-9-7-20(8-10-23)28(30,31)32/h5-6,11-13,16,19-23H,2-4,7-10,14-15H2,1H3,(H,34,35). The van der Waals surface area contributed by atoms with Gasteiger partial charge >= 0.3 is 12.1 Å². The molecule has 2 aromatic carbocycles. The van der Waals surface area contributed by atoms with Crippen molar-refractivity contribution in [1.29, 1.82) is 0 Å². The predicted octanol–water partition coefficient (Wildman–Crippen LogP) is 7.77. The topological polar surface area (TPSA) is 49.8 Å². The second-order valence-corrected chi connectivity index (χ2v) is 11.2. The van der Waals surface area contributed by atoms with Gasteiger partial charge in [-0.1, -0.05) is 36.2 Å². The Hall–Kier alpha value is -1.99. The van der Waals surface area contributed by atoms with E-state index in [2.05, 4.69) is 24.0 Å². The molecule has 0 spiro atoms. The van der Waals surface area contributed by atoms with Crippen LogP contribution in [0.2, 0.25) is 5.02 Å². The molecule has 1 aliphatic carbocycles. The average Bonchev–Trinajstić information content (AvgIpc) is 2.84. The maximum atomic E-state index is 13.0. The molecule has 2 heterocycles. The van der Waals surface area contributed by atoms with E-state index in [9.17, 15) is 23.1 Å². The van der Waals surface area contributed by atoms with E-state index in [1.165, 1.54) is 5.56 Å². The van der Waals surface area contributed by atoms with Gasteiger partial charge in [0.05, 0.1) is 23.0 Å². The fraction of sp³-hybridized carbons (Fsp3) is 0.607. The maximum absolute atomic E-state index is 13.0. The van der Waals surface area contributed by atoms with Crippen molar-refractivity contribution in [3.63, 3.8) is 0 Å². The zero-order valence-corrected chi connectivity index (χ0v) is 21.2. The number of nitrogens with zero attached hydrogens (tertiary/aromatic N) is 1. The fourth-order valence-corrected chi connectivity index (χ4v) is 7.03. The van der Waals surface area contributed by atoms with Crippen LogP contribution in [0.1, 0.15) is 76.3 Å². The molecular weight excluding hydrogens is 491 g/mol. The van der Waals surface area contributed by atoms with Crippen LogP contribution in [0.15, 0.2) is 30.3 Å². The number of benzene rings is 2. The molecule has 1 N–H and O–H groups in total. The second-order valence-electron chi connectivity index (χ2n) is 10.9. The summed E-state index contributed by atoms with van der Waals surface area (Å²) in [4.78, 5) is 14.2. The van der Waals surface area contributed by atoms with Crippen LogP contribution >= 0.6 is 11.6 Å². The van der Waals surface area contributed by atoms with Gasteiger partial charge in [0.25, 0.3) is 0 Å². The van der Waals surface area contributed by atoms with Crippen molar-refractivity contribution in [2.24, 2.45) is 11.8 Å². The number of ether oxygens (including phenoxy) is 1. The molecule has 0 amide bonds. The molecule has 8 heteroatoms. The van der Waals surface area contributed by atoms with Gasteiger partial charge in [-0.05, 0) is 81.4 Å². The van der Waals surface area contributed by atoms with Crippen LogP contribution in [0.3, 0.4) is 0 Å². The summed E-state index contributed by atoms with van der Waals surface area (Å²) < 4.78 is 45.0. The van der Waals surface area contributed by atoms with Crippen molar-refractivity contribution in [2.45, 2.75) is 95.1 Å². The largest absolute Gasteiger partial charge is 0.489 e. The third kappa shape index (κ3) is 5.06. The van der Waals surface area contributed by atoms with Crippen LogP contribution in [0.25, 0.3) is 10.8 Å². The van der Waals surface area contributed by atoms with Gasteiger partial charge in [-0.2, -0.15) is 13.2 Å². The Morgan fingerprint density at radius 1 is 1.06 bits per heavy atom. The lowest BCUT2D eigenvalue weighted by atomic mass is 9.77. The van der Waals surface area contributed by atoms with E-state index in [4.69, 9.17) is 16.3 Å². The number of hydrogen-bond acceptors (Lipinski definition) is 3. The average molecular weight is 524 g/mol. The first-order valence-electron chi connectivity index (χ1n) is 13.1. The summed E-state index contributed by atoms with van der Waals surface area (Å²) in [6.45, 7) is 2.20. The minimum atomic E-state index is -4.13. The van der Waals surface area contributed by atoms with Crippen LogP contribution in [0, 0.1) is 11.8 Å². The molecule has 36 heavy (non-hydrogen) atoms. The number of halogens is 4. The Kier molecular flexibility index (Phi) is 7.16. The molecular formula is C28H33ClF3NO3. The number of alkyl halides is 3. The van der Waals surface area contributed by atoms with Gasteiger partial charge in [-0.25, -0.2) is 0 Å². The molecule has 0 radical (unpaired) electrons. The Bertz CT molecular complexity index is 1100. The highest BCUT2D eigenvalue weighted by Crippen LogP contribution is 2.44. The fourth-order valence-electron chi connectivity index (χ4n) is 6.75. The molecule has 196 valence electrons. The number of fused-ring (bicyclic) bond motifs is 3. The first kappa shape index (κ1) is 25.7. The Labute approximate surface area is 214 Å². The third-order valence-electron chi connectivity index (χ3n) is 8.68. The highest BCUT2D eigenvalue weighted by atomic mass is 35.5. The summed E-state index contributed by atoms with van der Waals surface area (Å²) in [6.07, 6.45) is 1.17. The van der Waals surface area contributed by atoms with Crippen LogP contribution < -0.4 is 4.74 Å². The SMILES string of the molecule is CC(c1ccc2c(Cl)c(OC3CCC(C(F)(F)F)CC3)ccc2c1)N1C2CCCC1CC(C(=O)O)C2. The van der Waals surface area contributed by atoms with E-state index in [0.29, 0.717) is 36.5 Å².